The molecule has 0 spiro atoms. The zero-order valence-corrected chi connectivity index (χ0v) is 16.3. The van der Waals surface area contributed by atoms with E-state index in [4.69, 9.17) is 9.47 Å². The molecule has 4 rings (SSSR count). The Balaban J connectivity index is 1.29. The average molecular weight is 396 g/mol. The van der Waals surface area contributed by atoms with Gasteiger partial charge < -0.3 is 25.0 Å². The van der Waals surface area contributed by atoms with Crippen molar-refractivity contribution in [3.8, 4) is 11.5 Å². The second kappa shape index (κ2) is 8.38. The van der Waals surface area contributed by atoms with E-state index in [9.17, 15) is 9.59 Å². The van der Waals surface area contributed by atoms with Crippen molar-refractivity contribution in [2.45, 2.75) is 26.3 Å². The van der Waals surface area contributed by atoms with Gasteiger partial charge in [-0.2, -0.15) is 0 Å². The molecule has 1 fully saturated rings. The van der Waals surface area contributed by atoms with E-state index in [0.717, 1.165) is 24.0 Å². The molecule has 0 aliphatic carbocycles. The van der Waals surface area contributed by atoms with Gasteiger partial charge in [0.1, 0.15) is 5.82 Å². The number of urea groups is 1. The molecule has 152 valence electrons. The van der Waals surface area contributed by atoms with E-state index in [2.05, 4.69) is 15.6 Å². The van der Waals surface area contributed by atoms with Crippen molar-refractivity contribution in [3.63, 3.8) is 0 Å². The fourth-order valence-electron chi connectivity index (χ4n) is 3.49. The van der Waals surface area contributed by atoms with Crippen molar-refractivity contribution < 1.29 is 19.1 Å². The Morgan fingerprint density at radius 1 is 1.21 bits per heavy atom. The molecule has 8 nitrogen and oxygen atoms in total. The summed E-state index contributed by atoms with van der Waals surface area (Å²) in [5, 5.41) is 5.77. The van der Waals surface area contributed by atoms with Gasteiger partial charge in [0, 0.05) is 25.8 Å². The van der Waals surface area contributed by atoms with Crippen LogP contribution in [0.25, 0.3) is 0 Å². The molecule has 1 atom stereocenters. The zero-order valence-electron chi connectivity index (χ0n) is 16.3. The van der Waals surface area contributed by atoms with Gasteiger partial charge in [0.15, 0.2) is 11.5 Å². The minimum absolute atomic E-state index is 0.102. The monoisotopic (exact) mass is 396 g/mol. The third-order valence-corrected chi connectivity index (χ3v) is 5.12. The van der Waals surface area contributed by atoms with E-state index >= 15 is 0 Å². The fourth-order valence-corrected chi connectivity index (χ4v) is 3.49. The first-order chi connectivity index (χ1) is 14.1. The first-order valence-corrected chi connectivity index (χ1v) is 9.73. The molecular formula is C21H24N4O4. The fraction of sp³-hybridized carbons (Fsp3) is 0.381. The predicted molar refractivity (Wildman–Crippen MR) is 107 cm³/mol. The number of fused-ring (bicyclic) bond motifs is 1. The topological polar surface area (TPSA) is 92.8 Å². The number of hydrogen-bond acceptors (Lipinski definition) is 5. The highest BCUT2D eigenvalue weighted by Crippen LogP contribution is 2.32. The lowest BCUT2D eigenvalue weighted by molar-refractivity contribution is -0.121. The number of nitrogens with one attached hydrogen (secondary N) is 2. The Bertz CT molecular complexity index is 900. The summed E-state index contributed by atoms with van der Waals surface area (Å²) in [7, 11) is 0. The molecule has 8 heteroatoms. The standard InChI is InChI=1S/C21H24N4O4/c1-14-4-7-19(22-10-14)24-20(26)16-3-2-8-25(12-16)21(27)23-11-15-5-6-17-18(9-15)29-13-28-17/h4-7,9-10,16H,2-3,8,11-13H2,1H3,(H,23,27)(H,22,24,26)/t16-/m0/s1. The van der Waals surface area contributed by atoms with Crippen LogP contribution >= 0.6 is 0 Å². The van der Waals surface area contributed by atoms with Crippen molar-refractivity contribution in [2.75, 3.05) is 25.2 Å². The Morgan fingerprint density at radius 3 is 2.90 bits per heavy atom. The largest absolute Gasteiger partial charge is 0.454 e. The molecule has 0 saturated carbocycles. The lowest BCUT2D eigenvalue weighted by Crippen LogP contribution is -2.47. The smallest absolute Gasteiger partial charge is 0.317 e. The third-order valence-electron chi connectivity index (χ3n) is 5.12. The van der Waals surface area contributed by atoms with Crippen molar-refractivity contribution >= 4 is 17.8 Å². The summed E-state index contributed by atoms with van der Waals surface area (Å²) >= 11 is 0. The number of carbonyl (C=O) groups excluding carboxylic acids is 2. The Morgan fingerprint density at radius 2 is 2.07 bits per heavy atom. The SMILES string of the molecule is Cc1ccc(NC(=O)[C@H]2CCCN(C(=O)NCc3ccc4c(c3)OCO4)C2)nc1. The van der Waals surface area contributed by atoms with Crippen LogP contribution in [0.15, 0.2) is 36.5 Å². The van der Waals surface area contributed by atoms with Gasteiger partial charge in [0.2, 0.25) is 12.7 Å². The van der Waals surface area contributed by atoms with Gasteiger partial charge in [-0.1, -0.05) is 12.1 Å². The number of amides is 3. The van der Waals surface area contributed by atoms with Crippen LogP contribution in [0.3, 0.4) is 0 Å². The Hall–Kier alpha value is -3.29. The van der Waals surface area contributed by atoms with Gasteiger partial charge in [-0.15, -0.1) is 0 Å². The van der Waals surface area contributed by atoms with E-state index in [1.165, 1.54) is 0 Å². The van der Waals surface area contributed by atoms with Gasteiger partial charge in [-0.05, 0) is 49.1 Å². The van der Waals surface area contributed by atoms with Crippen LogP contribution in [0.2, 0.25) is 0 Å². The molecule has 1 aromatic heterocycles. The van der Waals surface area contributed by atoms with Crippen molar-refractivity contribution in [2.24, 2.45) is 5.92 Å². The van der Waals surface area contributed by atoms with E-state index in [-0.39, 0.29) is 24.6 Å². The van der Waals surface area contributed by atoms with Gasteiger partial charge in [-0.3, -0.25) is 4.79 Å². The maximum absolute atomic E-state index is 12.6. The number of pyridine rings is 1. The molecular weight excluding hydrogens is 372 g/mol. The summed E-state index contributed by atoms with van der Waals surface area (Å²) in [5.74, 6) is 1.59. The van der Waals surface area contributed by atoms with Crippen LogP contribution in [0, 0.1) is 12.8 Å². The number of ether oxygens (including phenoxy) is 2. The van der Waals surface area contributed by atoms with E-state index in [1.54, 1.807) is 17.2 Å². The van der Waals surface area contributed by atoms with E-state index < -0.39 is 0 Å². The number of anilines is 1. The summed E-state index contributed by atoms with van der Waals surface area (Å²) < 4.78 is 10.7. The highest BCUT2D eigenvalue weighted by atomic mass is 16.7. The summed E-state index contributed by atoms with van der Waals surface area (Å²) in [6.45, 7) is 3.58. The van der Waals surface area contributed by atoms with E-state index in [0.29, 0.717) is 37.0 Å². The number of aromatic nitrogens is 1. The number of benzene rings is 1. The molecule has 1 saturated heterocycles. The number of carbonyl (C=O) groups is 2. The molecule has 3 amide bonds. The molecule has 2 aliphatic heterocycles. The average Bonchev–Trinajstić information content (AvgIpc) is 3.21. The lowest BCUT2D eigenvalue weighted by atomic mass is 9.97. The normalized spacial score (nSPS) is 17.7. The molecule has 2 aliphatic rings. The summed E-state index contributed by atoms with van der Waals surface area (Å²) in [6.07, 6.45) is 3.26. The molecule has 0 unspecified atom stereocenters. The van der Waals surface area contributed by atoms with Crippen molar-refractivity contribution in [1.29, 1.82) is 0 Å². The number of piperidine rings is 1. The second-order valence-corrected chi connectivity index (χ2v) is 7.34. The van der Waals surface area contributed by atoms with E-state index in [1.807, 2.05) is 31.2 Å². The maximum atomic E-state index is 12.6. The highest BCUT2D eigenvalue weighted by molar-refractivity contribution is 5.92. The number of likely N-dealkylation sites (tertiary alicyclic amines) is 1. The molecule has 1 aromatic carbocycles. The van der Waals surface area contributed by atoms with Gasteiger partial charge in [-0.25, -0.2) is 9.78 Å². The minimum Gasteiger partial charge on any atom is -0.454 e. The third kappa shape index (κ3) is 4.59. The quantitative estimate of drug-likeness (QED) is 0.829. The first-order valence-electron chi connectivity index (χ1n) is 9.73. The number of hydrogen-bond donors (Lipinski definition) is 2. The zero-order chi connectivity index (χ0) is 20.2. The minimum atomic E-state index is -0.247. The van der Waals surface area contributed by atoms with Crippen molar-refractivity contribution in [1.82, 2.24) is 15.2 Å². The number of nitrogens with zero attached hydrogens (tertiary/aromatic N) is 2. The predicted octanol–water partition coefficient (Wildman–Crippen LogP) is 2.68. The maximum Gasteiger partial charge on any atom is 0.317 e. The molecule has 2 N–H and O–H groups in total. The van der Waals surface area contributed by atoms with Gasteiger partial charge >= 0.3 is 6.03 Å². The molecule has 3 heterocycles. The Kier molecular flexibility index (Phi) is 5.50. The van der Waals surface area contributed by atoms with Gasteiger partial charge in [0.05, 0.1) is 5.92 Å². The molecule has 0 bridgehead atoms. The highest BCUT2D eigenvalue weighted by Gasteiger charge is 2.28. The first kappa shape index (κ1) is 19.0. The van der Waals surface area contributed by atoms with Crippen LogP contribution in [0.4, 0.5) is 10.6 Å². The van der Waals surface area contributed by atoms with Crippen molar-refractivity contribution in [3.05, 3.63) is 47.7 Å². The lowest BCUT2D eigenvalue weighted by Gasteiger charge is -2.32. The second-order valence-electron chi connectivity index (χ2n) is 7.34. The van der Waals surface area contributed by atoms with Crippen LogP contribution in [0.5, 0.6) is 11.5 Å². The number of rotatable bonds is 4. The molecule has 2 aromatic rings. The summed E-state index contributed by atoms with van der Waals surface area (Å²) in [4.78, 5) is 31.1. The van der Waals surface area contributed by atoms with Crippen LogP contribution in [0.1, 0.15) is 24.0 Å². The summed E-state index contributed by atoms with van der Waals surface area (Å²) in [5.41, 5.74) is 1.96. The molecule has 0 radical (unpaired) electrons. The van der Waals surface area contributed by atoms with Gasteiger partial charge in [0.25, 0.3) is 0 Å². The number of aryl methyl sites for hydroxylation is 1. The van der Waals surface area contributed by atoms with Crippen LogP contribution in [-0.2, 0) is 11.3 Å². The summed E-state index contributed by atoms with van der Waals surface area (Å²) in [6, 6.07) is 9.11. The molecule has 29 heavy (non-hydrogen) atoms. The van der Waals surface area contributed by atoms with Crippen LogP contribution < -0.4 is 20.1 Å². The van der Waals surface area contributed by atoms with Crippen LogP contribution in [-0.4, -0.2) is 41.7 Å². The Labute approximate surface area is 169 Å².